The van der Waals surface area contributed by atoms with Crippen molar-refractivity contribution >= 4 is 12.2 Å². The summed E-state index contributed by atoms with van der Waals surface area (Å²) in [6.07, 6.45) is -3.91. The Morgan fingerprint density at radius 1 is 1.25 bits per heavy atom. The maximum absolute atomic E-state index is 12.4. The molecule has 0 fully saturated rings. The summed E-state index contributed by atoms with van der Waals surface area (Å²) >= 11 is 0. The zero-order chi connectivity index (χ0) is 18.5. The van der Waals surface area contributed by atoms with Crippen LogP contribution in [-0.4, -0.2) is 29.5 Å². The minimum atomic E-state index is -4.79. The summed E-state index contributed by atoms with van der Waals surface area (Å²) in [6.45, 7) is 11.0. The zero-order valence-electron chi connectivity index (χ0n) is 14.2. The first-order chi connectivity index (χ1) is 10.9. The van der Waals surface area contributed by atoms with Crippen LogP contribution in [0.2, 0.25) is 0 Å². The molecule has 0 radical (unpaired) electrons. The SMILES string of the molecule is C=Cc1cc(CN(CC)C(=O)OC(C)(C)C)cc(OC(F)(F)F)c1. The Labute approximate surface area is 139 Å². The molecule has 0 aliphatic carbocycles. The number of alkyl halides is 3. The summed E-state index contributed by atoms with van der Waals surface area (Å²) < 4.78 is 46.5. The summed E-state index contributed by atoms with van der Waals surface area (Å²) in [7, 11) is 0. The van der Waals surface area contributed by atoms with Gasteiger partial charge >= 0.3 is 12.5 Å². The van der Waals surface area contributed by atoms with Crippen LogP contribution in [0.25, 0.3) is 6.08 Å². The van der Waals surface area contributed by atoms with Gasteiger partial charge in [0.25, 0.3) is 0 Å². The van der Waals surface area contributed by atoms with Crippen molar-refractivity contribution in [3.8, 4) is 5.75 Å². The van der Waals surface area contributed by atoms with E-state index >= 15 is 0 Å². The van der Waals surface area contributed by atoms with Crippen molar-refractivity contribution in [2.45, 2.75) is 46.2 Å². The first kappa shape index (κ1) is 19.9. The van der Waals surface area contributed by atoms with E-state index in [2.05, 4.69) is 11.3 Å². The van der Waals surface area contributed by atoms with Crippen LogP contribution in [0.4, 0.5) is 18.0 Å². The van der Waals surface area contributed by atoms with Crippen LogP contribution in [-0.2, 0) is 11.3 Å². The van der Waals surface area contributed by atoms with Gasteiger partial charge in [-0.05, 0) is 57.0 Å². The van der Waals surface area contributed by atoms with E-state index in [1.54, 1.807) is 33.8 Å². The molecule has 1 amide bonds. The van der Waals surface area contributed by atoms with Crippen LogP contribution in [0.15, 0.2) is 24.8 Å². The maximum Gasteiger partial charge on any atom is 0.573 e. The second-order valence-electron chi connectivity index (χ2n) is 6.16. The first-order valence-electron chi connectivity index (χ1n) is 7.43. The molecule has 4 nitrogen and oxygen atoms in total. The smallest absolute Gasteiger partial charge is 0.444 e. The molecule has 0 saturated carbocycles. The van der Waals surface area contributed by atoms with E-state index in [1.807, 2.05) is 0 Å². The molecule has 0 aliphatic rings. The van der Waals surface area contributed by atoms with Crippen LogP contribution in [0, 0.1) is 0 Å². The van der Waals surface area contributed by atoms with E-state index < -0.39 is 18.1 Å². The number of carbonyl (C=O) groups is 1. The first-order valence-corrected chi connectivity index (χ1v) is 7.43. The Morgan fingerprint density at radius 3 is 2.33 bits per heavy atom. The van der Waals surface area contributed by atoms with Gasteiger partial charge in [0.15, 0.2) is 0 Å². The fourth-order valence-electron chi connectivity index (χ4n) is 1.94. The summed E-state index contributed by atoms with van der Waals surface area (Å²) in [5.74, 6) is -0.352. The number of hydrogen-bond donors (Lipinski definition) is 0. The Kier molecular flexibility index (Phi) is 6.29. The van der Waals surface area contributed by atoms with Crippen LogP contribution in [0.3, 0.4) is 0 Å². The predicted octanol–water partition coefficient (Wildman–Crippen LogP) is 4.99. The van der Waals surface area contributed by atoms with Crippen LogP contribution >= 0.6 is 0 Å². The summed E-state index contributed by atoms with van der Waals surface area (Å²) in [6, 6.07) is 4.12. The number of benzene rings is 1. The number of carbonyl (C=O) groups excluding carboxylic acids is 1. The number of amides is 1. The van der Waals surface area contributed by atoms with Crippen LogP contribution in [0.5, 0.6) is 5.75 Å². The molecule has 1 rings (SSSR count). The topological polar surface area (TPSA) is 38.8 Å². The van der Waals surface area contributed by atoms with Gasteiger partial charge in [-0.25, -0.2) is 4.79 Å². The molecule has 0 N–H and O–H groups in total. The molecule has 24 heavy (non-hydrogen) atoms. The van der Waals surface area contributed by atoms with Gasteiger partial charge in [-0.2, -0.15) is 0 Å². The van der Waals surface area contributed by atoms with E-state index in [9.17, 15) is 18.0 Å². The molecule has 0 saturated heterocycles. The van der Waals surface area contributed by atoms with Gasteiger partial charge in [0.1, 0.15) is 11.4 Å². The fourth-order valence-corrected chi connectivity index (χ4v) is 1.94. The van der Waals surface area contributed by atoms with E-state index in [4.69, 9.17) is 4.74 Å². The van der Waals surface area contributed by atoms with Crippen LogP contribution < -0.4 is 4.74 Å². The number of hydrogen-bond acceptors (Lipinski definition) is 3. The van der Waals surface area contributed by atoms with Crippen molar-refractivity contribution < 1.29 is 27.4 Å². The summed E-state index contributed by atoms with van der Waals surface area (Å²) in [5.41, 5.74) is 0.296. The molecule has 0 aliphatic heterocycles. The van der Waals surface area contributed by atoms with Crippen molar-refractivity contribution in [2.75, 3.05) is 6.54 Å². The zero-order valence-corrected chi connectivity index (χ0v) is 14.2. The molecule has 0 unspecified atom stereocenters. The molecule has 7 heteroatoms. The van der Waals surface area contributed by atoms with Crippen molar-refractivity contribution in [2.24, 2.45) is 0 Å². The number of rotatable bonds is 5. The van der Waals surface area contributed by atoms with E-state index in [-0.39, 0.29) is 12.3 Å². The molecule has 1 aromatic carbocycles. The summed E-state index contributed by atoms with van der Waals surface area (Å²) in [5, 5.41) is 0. The largest absolute Gasteiger partial charge is 0.573 e. The lowest BCUT2D eigenvalue weighted by molar-refractivity contribution is -0.274. The molecular weight excluding hydrogens is 323 g/mol. The standard InChI is InChI=1S/C17H22F3NO3/c1-6-12-8-13(10-14(9-12)23-17(18,19)20)11-21(7-2)15(22)24-16(3,4)5/h6,8-10H,1,7,11H2,2-5H3. The maximum atomic E-state index is 12.4. The lowest BCUT2D eigenvalue weighted by atomic mass is 10.1. The highest BCUT2D eigenvalue weighted by atomic mass is 19.4. The van der Waals surface area contributed by atoms with Crippen molar-refractivity contribution in [1.82, 2.24) is 4.90 Å². The van der Waals surface area contributed by atoms with E-state index in [1.165, 1.54) is 23.1 Å². The average Bonchev–Trinajstić information content (AvgIpc) is 2.40. The minimum absolute atomic E-state index is 0.0985. The predicted molar refractivity (Wildman–Crippen MR) is 85.5 cm³/mol. The van der Waals surface area contributed by atoms with Gasteiger partial charge in [-0.1, -0.05) is 12.7 Å². The lowest BCUT2D eigenvalue weighted by Gasteiger charge is -2.26. The second kappa shape index (κ2) is 7.59. The third kappa shape index (κ3) is 6.93. The lowest BCUT2D eigenvalue weighted by Crippen LogP contribution is -2.36. The Bertz CT molecular complexity index is 592. The van der Waals surface area contributed by atoms with Crippen molar-refractivity contribution in [3.63, 3.8) is 0 Å². The number of nitrogens with zero attached hydrogens (tertiary/aromatic N) is 1. The summed E-state index contributed by atoms with van der Waals surface area (Å²) in [4.78, 5) is 13.5. The van der Waals surface area contributed by atoms with Gasteiger partial charge in [0.05, 0.1) is 0 Å². The molecule has 0 spiro atoms. The Balaban J connectivity index is 3.01. The van der Waals surface area contributed by atoms with Gasteiger partial charge in [0.2, 0.25) is 0 Å². The normalized spacial score (nSPS) is 11.8. The molecule has 134 valence electrons. The third-order valence-electron chi connectivity index (χ3n) is 2.86. The third-order valence-corrected chi connectivity index (χ3v) is 2.86. The fraction of sp³-hybridized carbons (Fsp3) is 0.471. The number of halogens is 3. The molecular formula is C17H22F3NO3. The van der Waals surface area contributed by atoms with Gasteiger partial charge in [-0.3, -0.25) is 0 Å². The molecule has 0 aromatic heterocycles. The molecule has 0 atom stereocenters. The van der Waals surface area contributed by atoms with Gasteiger partial charge < -0.3 is 14.4 Å². The van der Waals surface area contributed by atoms with Crippen molar-refractivity contribution in [1.29, 1.82) is 0 Å². The van der Waals surface area contributed by atoms with Crippen LogP contribution in [0.1, 0.15) is 38.8 Å². The number of ether oxygens (including phenoxy) is 2. The van der Waals surface area contributed by atoms with Gasteiger partial charge in [-0.15, -0.1) is 13.2 Å². The van der Waals surface area contributed by atoms with E-state index in [0.717, 1.165) is 0 Å². The molecule has 0 heterocycles. The minimum Gasteiger partial charge on any atom is -0.444 e. The Morgan fingerprint density at radius 2 is 1.88 bits per heavy atom. The van der Waals surface area contributed by atoms with E-state index in [0.29, 0.717) is 17.7 Å². The Hall–Kier alpha value is -2.18. The quantitative estimate of drug-likeness (QED) is 0.755. The van der Waals surface area contributed by atoms with Crippen molar-refractivity contribution in [3.05, 3.63) is 35.9 Å². The highest BCUT2D eigenvalue weighted by Gasteiger charge is 2.31. The second-order valence-corrected chi connectivity index (χ2v) is 6.16. The highest BCUT2D eigenvalue weighted by Crippen LogP contribution is 2.26. The monoisotopic (exact) mass is 345 g/mol. The molecule has 1 aromatic rings. The average molecular weight is 345 g/mol. The molecule has 0 bridgehead atoms. The highest BCUT2D eigenvalue weighted by molar-refractivity contribution is 5.68. The van der Waals surface area contributed by atoms with Gasteiger partial charge in [0, 0.05) is 13.1 Å².